The van der Waals surface area contributed by atoms with Gasteiger partial charge in [-0.2, -0.15) is 0 Å². The minimum atomic E-state index is -0.926. The molecule has 1 aromatic rings. The van der Waals surface area contributed by atoms with E-state index in [1.165, 1.54) is 6.34 Å². The van der Waals surface area contributed by atoms with E-state index < -0.39 is 12.0 Å². The normalized spacial score (nSPS) is 18.9. The van der Waals surface area contributed by atoms with Gasteiger partial charge in [0.15, 0.2) is 6.04 Å². The van der Waals surface area contributed by atoms with Gasteiger partial charge in [-0.1, -0.05) is 18.2 Å². The molecule has 4 heteroatoms. The lowest BCUT2D eigenvalue weighted by molar-refractivity contribution is -0.138. The number of nitrogens with one attached hydrogen (secondary N) is 1. The van der Waals surface area contributed by atoms with Gasteiger partial charge < -0.3 is 10.4 Å². The highest BCUT2D eigenvalue weighted by Gasteiger charge is 2.22. The van der Waals surface area contributed by atoms with Gasteiger partial charge in [-0.3, -0.25) is 4.99 Å². The van der Waals surface area contributed by atoms with Crippen LogP contribution in [0.1, 0.15) is 11.6 Å². The second-order valence-corrected chi connectivity index (χ2v) is 2.75. The first-order chi connectivity index (χ1) is 6.29. The predicted octanol–water partition coefficient (Wildman–Crippen LogP) is 1.27. The molecular formula is C9H8N2O2. The van der Waals surface area contributed by atoms with Crippen LogP contribution in [0.25, 0.3) is 0 Å². The fourth-order valence-corrected chi connectivity index (χ4v) is 1.33. The maximum absolute atomic E-state index is 10.8. The Morgan fingerprint density at radius 1 is 1.46 bits per heavy atom. The van der Waals surface area contributed by atoms with Crippen LogP contribution in [0.4, 0.5) is 5.69 Å². The monoisotopic (exact) mass is 176 g/mol. The van der Waals surface area contributed by atoms with Crippen LogP contribution in [0.15, 0.2) is 29.3 Å². The molecular weight excluding hydrogens is 168 g/mol. The quantitative estimate of drug-likeness (QED) is 0.677. The van der Waals surface area contributed by atoms with Gasteiger partial charge in [-0.05, 0) is 6.07 Å². The Kier molecular flexibility index (Phi) is 1.73. The van der Waals surface area contributed by atoms with E-state index in [0.717, 1.165) is 5.69 Å². The third-order valence-electron chi connectivity index (χ3n) is 1.93. The van der Waals surface area contributed by atoms with E-state index >= 15 is 0 Å². The zero-order valence-corrected chi connectivity index (χ0v) is 6.77. The van der Waals surface area contributed by atoms with Crippen molar-refractivity contribution in [1.29, 1.82) is 0 Å². The summed E-state index contributed by atoms with van der Waals surface area (Å²) in [5.74, 6) is -0.926. The molecule has 4 nitrogen and oxygen atoms in total. The van der Waals surface area contributed by atoms with Crippen LogP contribution >= 0.6 is 0 Å². The van der Waals surface area contributed by atoms with Crippen molar-refractivity contribution in [2.75, 3.05) is 5.32 Å². The number of hydrogen-bond acceptors (Lipinski definition) is 3. The molecule has 1 heterocycles. The van der Waals surface area contributed by atoms with Crippen LogP contribution in [0.5, 0.6) is 0 Å². The highest BCUT2D eigenvalue weighted by molar-refractivity contribution is 5.88. The molecule has 1 atom stereocenters. The Labute approximate surface area is 74.9 Å². The highest BCUT2D eigenvalue weighted by atomic mass is 16.4. The fraction of sp³-hybridized carbons (Fsp3) is 0.111. The summed E-state index contributed by atoms with van der Waals surface area (Å²) in [5.41, 5.74) is 1.52. The zero-order valence-electron chi connectivity index (χ0n) is 6.77. The van der Waals surface area contributed by atoms with E-state index in [1.807, 2.05) is 12.1 Å². The number of aliphatic carboxylic acids is 1. The molecule has 0 fully saturated rings. The third kappa shape index (κ3) is 1.26. The molecule has 0 aromatic heterocycles. The van der Waals surface area contributed by atoms with Crippen molar-refractivity contribution >= 4 is 18.0 Å². The standard InChI is InChI=1S/C9H8N2O2/c12-9(13)8-6-3-1-2-4-7(6)10-5-11-8/h1-5,8H,(H,10,11)(H,12,13). The number of anilines is 1. The second kappa shape index (κ2) is 2.90. The van der Waals surface area contributed by atoms with Gasteiger partial charge in [0.2, 0.25) is 0 Å². The summed E-state index contributed by atoms with van der Waals surface area (Å²) < 4.78 is 0. The van der Waals surface area contributed by atoms with Crippen LogP contribution < -0.4 is 5.32 Å². The van der Waals surface area contributed by atoms with E-state index in [0.29, 0.717) is 5.56 Å². The number of benzene rings is 1. The summed E-state index contributed by atoms with van der Waals surface area (Å²) in [5, 5.41) is 11.7. The van der Waals surface area contributed by atoms with Crippen LogP contribution in [0, 0.1) is 0 Å². The molecule has 1 aliphatic rings. The molecule has 0 saturated carbocycles. The summed E-state index contributed by atoms with van der Waals surface area (Å²) in [6.07, 6.45) is 1.42. The van der Waals surface area contributed by atoms with E-state index in [2.05, 4.69) is 10.3 Å². The molecule has 13 heavy (non-hydrogen) atoms. The Morgan fingerprint density at radius 2 is 2.23 bits per heavy atom. The lowest BCUT2D eigenvalue weighted by Crippen LogP contribution is -2.16. The maximum Gasteiger partial charge on any atom is 0.333 e. The van der Waals surface area contributed by atoms with Crippen molar-refractivity contribution in [3.05, 3.63) is 29.8 Å². The van der Waals surface area contributed by atoms with Crippen molar-refractivity contribution in [1.82, 2.24) is 0 Å². The molecule has 0 bridgehead atoms. The fourth-order valence-electron chi connectivity index (χ4n) is 1.33. The zero-order chi connectivity index (χ0) is 9.26. The summed E-state index contributed by atoms with van der Waals surface area (Å²) in [6.45, 7) is 0. The Bertz CT molecular complexity index is 374. The van der Waals surface area contributed by atoms with Crippen molar-refractivity contribution < 1.29 is 9.90 Å². The number of fused-ring (bicyclic) bond motifs is 1. The molecule has 2 N–H and O–H groups in total. The van der Waals surface area contributed by atoms with E-state index in [-0.39, 0.29) is 0 Å². The predicted molar refractivity (Wildman–Crippen MR) is 48.9 cm³/mol. The van der Waals surface area contributed by atoms with Crippen molar-refractivity contribution in [3.63, 3.8) is 0 Å². The molecule has 1 aromatic carbocycles. The summed E-state index contributed by atoms with van der Waals surface area (Å²) in [6, 6.07) is 6.48. The second-order valence-electron chi connectivity index (χ2n) is 2.75. The maximum atomic E-state index is 10.8. The molecule has 1 aliphatic heterocycles. The topological polar surface area (TPSA) is 61.7 Å². The summed E-state index contributed by atoms with van der Waals surface area (Å²) in [4.78, 5) is 14.6. The van der Waals surface area contributed by atoms with Crippen molar-refractivity contribution in [3.8, 4) is 0 Å². The van der Waals surface area contributed by atoms with Gasteiger partial charge in [0.05, 0.1) is 6.34 Å². The number of para-hydroxylation sites is 1. The number of rotatable bonds is 1. The number of carboxylic acids is 1. The highest BCUT2D eigenvalue weighted by Crippen LogP contribution is 2.27. The lowest BCUT2D eigenvalue weighted by atomic mass is 10.0. The summed E-state index contributed by atoms with van der Waals surface area (Å²) in [7, 11) is 0. The van der Waals surface area contributed by atoms with Crippen LogP contribution in [0.3, 0.4) is 0 Å². The molecule has 2 rings (SSSR count). The molecule has 0 radical (unpaired) electrons. The number of aliphatic imine (C=N–C) groups is 1. The minimum Gasteiger partial charge on any atom is -0.479 e. The molecule has 0 spiro atoms. The van der Waals surface area contributed by atoms with Crippen LogP contribution in [-0.2, 0) is 4.79 Å². The molecule has 0 saturated heterocycles. The minimum absolute atomic E-state index is 0.706. The average Bonchev–Trinajstić information content (AvgIpc) is 2.17. The number of nitrogens with zero attached hydrogens (tertiary/aromatic N) is 1. The Balaban J connectivity index is 2.48. The summed E-state index contributed by atoms with van der Waals surface area (Å²) >= 11 is 0. The number of carboxylic acid groups (broad SMARTS) is 1. The van der Waals surface area contributed by atoms with Gasteiger partial charge >= 0.3 is 5.97 Å². The number of hydrogen-bond donors (Lipinski definition) is 2. The van der Waals surface area contributed by atoms with Gasteiger partial charge in [0.1, 0.15) is 0 Å². The first kappa shape index (κ1) is 7.79. The van der Waals surface area contributed by atoms with Gasteiger partial charge in [-0.25, -0.2) is 4.79 Å². The Hall–Kier alpha value is -1.84. The molecule has 1 unspecified atom stereocenters. The van der Waals surface area contributed by atoms with Crippen LogP contribution in [0.2, 0.25) is 0 Å². The largest absolute Gasteiger partial charge is 0.479 e. The third-order valence-corrected chi connectivity index (χ3v) is 1.93. The van der Waals surface area contributed by atoms with Crippen molar-refractivity contribution in [2.45, 2.75) is 6.04 Å². The lowest BCUT2D eigenvalue weighted by Gasteiger charge is -2.17. The first-order valence-corrected chi connectivity index (χ1v) is 3.89. The van der Waals surface area contributed by atoms with Gasteiger partial charge in [0, 0.05) is 11.3 Å². The van der Waals surface area contributed by atoms with E-state index in [1.54, 1.807) is 12.1 Å². The molecule has 0 amide bonds. The first-order valence-electron chi connectivity index (χ1n) is 3.89. The van der Waals surface area contributed by atoms with Crippen LogP contribution in [-0.4, -0.2) is 17.4 Å². The SMILES string of the molecule is O=C(O)C1N=CNc2ccccc21. The Morgan fingerprint density at radius 3 is 3.00 bits per heavy atom. The number of carbonyl (C=O) groups is 1. The van der Waals surface area contributed by atoms with E-state index in [9.17, 15) is 4.79 Å². The average molecular weight is 176 g/mol. The molecule has 0 aliphatic carbocycles. The van der Waals surface area contributed by atoms with Gasteiger partial charge in [0.25, 0.3) is 0 Å². The van der Waals surface area contributed by atoms with Gasteiger partial charge in [-0.15, -0.1) is 0 Å². The van der Waals surface area contributed by atoms with Crippen molar-refractivity contribution in [2.24, 2.45) is 4.99 Å². The van der Waals surface area contributed by atoms with E-state index in [4.69, 9.17) is 5.11 Å². The molecule has 66 valence electrons. The smallest absolute Gasteiger partial charge is 0.333 e.